The molecule has 2 aromatic rings. The minimum absolute atomic E-state index is 0.630. The molecule has 2 aromatic heterocycles. The molecule has 0 atom stereocenters. The summed E-state index contributed by atoms with van der Waals surface area (Å²) in [5, 5.41) is 8.41. The Hall–Kier alpha value is -1.75. The number of hydrogen-bond acceptors (Lipinski definition) is 4. The number of piperidine rings is 1. The lowest BCUT2D eigenvalue weighted by Crippen LogP contribution is -2.31. The second-order valence-corrected chi connectivity index (χ2v) is 5.33. The van der Waals surface area contributed by atoms with Crippen LogP contribution < -0.4 is 0 Å². The molecular formula is C14H18N4O. The van der Waals surface area contributed by atoms with Gasteiger partial charge in [-0.3, -0.25) is 9.20 Å². The van der Waals surface area contributed by atoms with Gasteiger partial charge in [-0.25, -0.2) is 0 Å². The number of pyridine rings is 1. The first-order chi connectivity index (χ1) is 9.28. The van der Waals surface area contributed by atoms with Crippen molar-refractivity contribution in [2.24, 2.45) is 5.92 Å². The van der Waals surface area contributed by atoms with E-state index < -0.39 is 0 Å². The summed E-state index contributed by atoms with van der Waals surface area (Å²) in [6.07, 6.45) is 4.15. The van der Waals surface area contributed by atoms with E-state index >= 15 is 0 Å². The number of carbonyl (C=O) groups excluding carboxylic acids is 1. The highest BCUT2D eigenvalue weighted by Gasteiger charge is 2.20. The Kier molecular flexibility index (Phi) is 3.29. The number of aldehydes is 1. The maximum atomic E-state index is 11.1. The number of rotatable bonds is 3. The fourth-order valence-corrected chi connectivity index (χ4v) is 2.78. The van der Waals surface area contributed by atoms with Gasteiger partial charge < -0.3 is 4.90 Å². The quantitative estimate of drug-likeness (QED) is 0.781. The zero-order valence-electron chi connectivity index (χ0n) is 11.1. The van der Waals surface area contributed by atoms with Gasteiger partial charge in [-0.1, -0.05) is 6.07 Å². The van der Waals surface area contributed by atoms with Gasteiger partial charge in [0.05, 0.1) is 5.69 Å². The monoisotopic (exact) mass is 258 g/mol. The van der Waals surface area contributed by atoms with Crippen LogP contribution in [0.25, 0.3) is 5.65 Å². The zero-order chi connectivity index (χ0) is 13.2. The van der Waals surface area contributed by atoms with Crippen LogP contribution in [0.15, 0.2) is 18.2 Å². The van der Waals surface area contributed by atoms with E-state index in [1.165, 1.54) is 12.8 Å². The van der Waals surface area contributed by atoms with Crippen LogP contribution in [0.3, 0.4) is 0 Å². The molecule has 0 N–H and O–H groups in total. The summed E-state index contributed by atoms with van der Waals surface area (Å²) in [7, 11) is 2.16. The van der Waals surface area contributed by atoms with E-state index in [1.54, 1.807) is 0 Å². The summed E-state index contributed by atoms with van der Waals surface area (Å²) >= 11 is 0. The Bertz CT molecular complexity index is 584. The smallest absolute Gasteiger partial charge is 0.166 e. The molecule has 0 bridgehead atoms. The summed E-state index contributed by atoms with van der Waals surface area (Å²) in [6.45, 7) is 2.28. The minimum atomic E-state index is 0.630. The van der Waals surface area contributed by atoms with E-state index in [4.69, 9.17) is 0 Å². The lowest BCUT2D eigenvalue weighted by molar-refractivity contribution is 0.111. The molecular weight excluding hydrogens is 240 g/mol. The number of carbonyl (C=O) groups is 1. The van der Waals surface area contributed by atoms with E-state index in [9.17, 15) is 4.79 Å². The number of fused-ring (bicyclic) bond motifs is 1. The summed E-state index contributed by atoms with van der Waals surface area (Å²) in [6, 6.07) is 5.53. The van der Waals surface area contributed by atoms with Crippen LogP contribution in [-0.2, 0) is 6.42 Å². The summed E-state index contributed by atoms with van der Waals surface area (Å²) in [5.41, 5.74) is 1.39. The summed E-state index contributed by atoms with van der Waals surface area (Å²) < 4.78 is 1.88. The number of hydrogen-bond donors (Lipinski definition) is 0. The second-order valence-electron chi connectivity index (χ2n) is 5.33. The molecule has 3 rings (SSSR count). The van der Waals surface area contributed by atoms with Crippen LogP contribution in [0, 0.1) is 5.92 Å². The first-order valence-electron chi connectivity index (χ1n) is 6.74. The highest BCUT2D eigenvalue weighted by molar-refractivity contribution is 5.73. The van der Waals surface area contributed by atoms with Crippen LogP contribution in [0.5, 0.6) is 0 Å². The zero-order valence-corrected chi connectivity index (χ0v) is 11.1. The molecule has 1 fully saturated rings. The molecule has 5 nitrogen and oxygen atoms in total. The van der Waals surface area contributed by atoms with Crippen LogP contribution in [0.4, 0.5) is 0 Å². The third-order valence-corrected chi connectivity index (χ3v) is 3.96. The number of likely N-dealkylation sites (tertiary alicyclic amines) is 1. The van der Waals surface area contributed by atoms with E-state index in [-0.39, 0.29) is 0 Å². The topological polar surface area (TPSA) is 50.5 Å². The Labute approximate surface area is 112 Å². The van der Waals surface area contributed by atoms with Gasteiger partial charge in [-0.05, 0) is 51.0 Å². The Balaban J connectivity index is 1.87. The summed E-state index contributed by atoms with van der Waals surface area (Å²) in [4.78, 5) is 13.5. The second kappa shape index (κ2) is 5.09. The molecule has 19 heavy (non-hydrogen) atoms. The van der Waals surface area contributed by atoms with Gasteiger partial charge in [0.1, 0.15) is 5.82 Å². The van der Waals surface area contributed by atoms with E-state index in [2.05, 4.69) is 22.1 Å². The first-order valence-corrected chi connectivity index (χ1v) is 6.74. The van der Waals surface area contributed by atoms with Crippen molar-refractivity contribution >= 4 is 11.9 Å². The predicted molar refractivity (Wildman–Crippen MR) is 72.3 cm³/mol. The highest BCUT2D eigenvalue weighted by Crippen LogP contribution is 2.20. The molecule has 3 heterocycles. The molecule has 0 aliphatic carbocycles. The van der Waals surface area contributed by atoms with Crippen molar-refractivity contribution < 1.29 is 4.79 Å². The third-order valence-electron chi connectivity index (χ3n) is 3.96. The van der Waals surface area contributed by atoms with Crippen molar-refractivity contribution in [3.8, 4) is 0 Å². The van der Waals surface area contributed by atoms with Crippen LogP contribution in [0.2, 0.25) is 0 Å². The van der Waals surface area contributed by atoms with Gasteiger partial charge in [0, 0.05) is 6.42 Å². The van der Waals surface area contributed by atoms with Crippen LogP contribution >= 0.6 is 0 Å². The standard InChI is InChI=1S/C14H18N4O/c1-17-7-5-11(6-8-17)9-14-16-15-13-4-2-3-12(10-19)18(13)14/h2-4,10-11H,5-9H2,1H3. The van der Waals surface area contributed by atoms with Gasteiger partial charge in [0.15, 0.2) is 11.9 Å². The molecule has 100 valence electrons. The van der Waals surface area contributed by atoms with Gasteiger partial charge >= 0.3 is 0 Å². The maximum Gasteiger partial charge on any atom is 0.166 e. The third kappa shape index (κ3) is 2.38. The molecule has 1 saturated heterocycles. The lowest BCUT2D eigenvalue weighted by Gasteiger charge is -2.28. The van der Waals surface area contributed by atoms with Crippen molar-refractivity contribution in [3.05, 3.63) is 29.7 Å². The van der Waals surface area contributed by atoms with Crippen molar-refractivity contribution in [3.63, 3.8) is 0 Å². The van der Waals surface area contributed by atoms with Gasteiger partial charge in [0.25, 0.3) is 0 Å². The Morgan fingerprint density at radius 3 is 2.84 bits per heavy atom. The molecule has 1 aliphatic rings. The summed E-state index contributed by atoms with van der Waals surface area (Å²) in [5.74, 6) is 1.55. The fourth-order valence-electron chi connectivity index (χ4n) is 2.78. The fraction of sp³-hybridized carbons (Fsp3) is 0.500. The maximum absolute atomic E-state index is 11.1. The average molecular weight is 258 g/mol. The number of nitrogens with zero attached hydrogens (tertiary/aromatic N) is 4. The molecule has 0 amide bonds. The van der Waals surface area contributed by atoms with Gasteiger partial charge in [0.2, 0.25) is 0 Å². The Morgan fingerprint density at radius 1 is 1.32 bits per heavy atom. The predicted octanol–water partition coefficient (Wildman–Crippen LogP) is 1.43. The number of aromatic nitrogens is 3. The van der Waals surface area contributed by atoms with Crippen molar-refractivity contribution in [2.75, 3.05) is 20.1 Å². The average Bonchev–Trinajstić information content (AvgIpc) is 2.85. The van der Waals surface area contributed by atoms with Gasteiger partial charge in [-0.15, -0.1) is 10.2 Å². The molecule has 0 spiro atoms. The SMILES string of the molecule is CN1CCC(Cc2nnc3cccc(C=O)n23)CC1. The molecule has 0 radical (unpaired) electrons. The van der Waals surface area contributed by atoms with Crippen molar-refractivity contribution in [1.29, 1.82) is 0 Å². The minimum Gasteiger partial charge on any atom is -0.306 e. The molecule has 5 heteroatoms. The van der Waals surface area contributed by atoms with Crippen molar-refractivity contribution in [1.82, 2.24) is 19.5 Å². The van der Waals surface area contributed by atoms with Gasteiger partial charge in [-0.2, -0.15) is 0 Å². The van der Waals surface area contributed by atoms with Crippen LogP contribution in [0.1, 0.15) is 29.2 Å². The highest BCUT2D eigenvalue weighted by atomic mass is 16.1. The van der Waals surface area contributed by atoms with E-state index in [1.807, 2.05) is 22.6 Å². The normalized spacial score (nSPS) is 17.9. The van der Waals surface area contributed by atoms with Crippen LogP contribution in [-0.4, -0.2) is 45.9 Å². The molecule has 0 aromatic carbocycles. The van der Waals surface area contributed by atoms with Crippen molar-refractivity contribution in [2.45, 2.75) is 19.3 Å². The molecule has 0 unspecified atom stereocenters. The van der Waals surface area contributed by atoms with E-state index in [0.29, 0.717) is 11.6 Å². The largest absolute Gasteiger partial charge is 0.306 e. The molecule has 0 saturated carbocycles. The first kappa shape index (κ1) is 12.3. The molecule has 1 aliphatic heterocycles. The van der Waals surface area contributed by atoms with E-state index in [0.717, 1.165) is 37.3 Å². The lowest BCUT2D eigenvalue weighted by atomic mass is 9.93. The Morgan fingerprint density at radius 2 is 2.11 bits per heavy atom.